The van der Waals surface area contributed by atoms with E-state index in [1.807, 2.05) is 93.6 Å². The summed E-state index contributed by atoms with van der Waals surface area (Å²) in [5.41, 5.74) is 8.84. The van der Waals surface area contributed by atoms with Crippen LogP contribution in [0.2, 0.25) is 0 Å². The molecule has 0 bridgehead atoms. The van der Waals surface area contributed by atoms with E-state index < -0.39 is 0 Å². The molecule has 0 N–H and O–H groups in total. The molecule has 0 aliphatic carbocycles. The van der Waals surface area contributed by atoms with Gasteiger partial charge in [-0.25, -0.2) is 15.0 Å². The van der Waals surface area contributed by atoms with E-state index in [-0.39, 0.29) is 52.3 Å². The summed E-state index contributed by atoms with van der Waals surface area (Å²) in [6.45, 7) is 5.95. The van der Waals surface area contributed by atoms with E-state index in [1.54, 1.807) is 91.0 Å². The molecule has 0 aliphatic rings. The zero-order valence-corrected chi connectivity index (χ0v) is 38.8. The van der Waals surface area contributed by atoms with Gasteiger partial charge in [0.25, 0.3) is 0 Å². The second-order valence-corrected chi connectivity index (χ2v) is 16.4. The van der Waals surface area contributed by atoms with E-state index in [9.17, 15) is 14.4 Å². The van der Waals surface area contributed by atoms with Crippen molar-refractivity contribution >= 4 is 35.6 Å². The highest BCUT2D eigenvalue weighted by Crippen LogP contribution is 2.26. The molecule has 0 fully saturated rings. The number of hydrogen-bond donors (Lipinski definition) is 0. The summed E-state index contributed by atoms with van der Waals surface area (Å²) < 4.78 is 4.25. The minimum absolute atomic E-state index is 0.00631. The first-order chi connectivity index (χ1) is 35.2. The van der Waals surface area contributed by atoms with Crippen LogP contribution in [0.25, 0.3) is 70.2 Å². The van der Waals surface area contributed by atoms with Crippen molar-refractivity contribution in [2.24, 2.45) is 0 Å². The average Bonchev–Trinajstić information content (AvgIpc) is 4.23. The van der Waals surface area contributed by atoms with Crippen LogP contribution in [-0.2, 0) is 0 Å². The third kappa shape index (κ3) is 9.72. The van der Waals surface area contributed by atoms with Crippen LogP contribution in [0.15, 0.2) is 164 Å². The summed E-state index contributed by atoms with van der Waals surface area (Å²) in [7, 11) is 0. The largest absolute Gasteiger partial charge is 0.289 e. The Morgan fingerprint density at radius 3 is 0.889 bits per heavy atom. The monoisotopic (exact) mass is 945 g/mol. The molecule has 10 aromatic rings. The van der Waals surface area contributed by atoms with E-state index in [2.05, 4.69) is 46.6 Å². The summed E-state index contributed by atoms with van der Waals surface area (Å²) >= 11 is 0. The van der Waals surface area contributed by atoms with Crippen molar-refractivity contribution in [3.05, 3.63) is 214 Å². The highest BCUT2D eigenvalue weighted by atomic mass is 16.1. The van der Waals surface area contributed by atoms with Gasteiger partial charge < -0.3 is 0 Å². The number of carbonyl (C=O) groups excluding carboxylic acids is 3. The van der Waals surface area contributed by atoms with Crippen molar-refractivity contribution in [1.82, 2.24) is 75.6 Å². The summed E-state index contributed by atoms with van der Waals surface area (Å²) in [4.78, 5) is 54.0. The summed E-state index contributed by atoms with van der Waals surface area (Å²) in [5.74, 6) is -0.280. The fourth-order valence-corrected chi connectivity index (χ4v) is 7.58. The van der Waals surface area contributed by atoms with Crippen LogP contribution in [0.1, 0.15) is 64.5 Å². The van der Waals surface area contributed by atoms with Crippen molar-refractivity contribution in [2.45, 2.75) is 20.8 Å². The van der Waals surface area contributed by atoms with Crippen LogP contribution in [-0.4, -0.2) is 92.9 Å². The third-order valence-corrected chi connectivity index (χ3v) is 11.6. The van der Waals surface area contributed by atoms with Crippen LogP contribution < -0.4 is 0 Å². The maximum Gasteiger partial charge on any atom is 0.224 e. The Hall–Kier alpha value is -10.2. The molecule has 0 unspecified atom stereocenters. The van der Waals surface area contributed by atoms with Crippen LogP contribution in [0.5, 0.6) is 0 Å². The standard InChI is InChI=1S/C54H39N15O3/c1-34-10-4-7-13-37(34)22-31-46(70)40-16-25-43(26-17-40)67-52(58-61-64-67)49-55-50(53-59-62-65-68(53)44-27-18-41(19-28-44)47(71)32-23-38-14-8-5-11-35(38)2)57-51(56-49)54-60-63-66-69(54)45-29-20-42(21-30-45)48(72)33-24-39-15-9-6-12-36(39)3/h4-33H,1-3H3/b31-22+,32-23+,33-24+. The SMILES string of the molecule is Cc1ccccc1/C=C/C(=O)c1ccc(-n2nnnc2-c2nc(-c3nnnn3-c3ccc(C(=O)/C=C/c4ccccc4C)cc3)nc(-c3nnnn3-c3ccc(C(=O)/C=C/c4ccccc4C)cc3)n2)cc1. The first kappa shape index (κ1) is 45.5. The normalized spacial score (nSPS) is 11.5. The van der Waals surface area contributed by atoms with Crippen LogP contribution >= 0.6 is 0 Å². The Kier molecular flexibility index (Phi) is 12.8. The lowest BCUT2D eigenvalue weighted by molar-refractivity contribution is 0.103. The highest BCUT2D eigenvalue weighted by molar-refractivity contribution is 6.08. The van der Waals surface area contributed by atoms with Crippen molar-refractivity contribution in [2.75, 3.05) is 0 Å². The lowest BCUT2D eigenvalue weighted by Crippen LogP contribution is -2.10. The highest BCUT2D eigenvalue weighted by Gasteiger charge is 2.25. The van der Waals surface area contributed by atoms with Crippen LogP contribution in [0.3, 0.4) is 0 Å². The molecule has 72 heavy (non-hydrogen) atoms. The quantitative estimate of drug-likeness (QED) is 0.0695. The fraction of sp³-hybridized carbons (Fsp3) is 0.0556. The van der Waals surface area contributed by atoms with E-state index in [0.29, 0.717) is 33.8 Å². The number of aromatic nitrogens is 15. The molecule has 6 aromatic carbocycles. The van der Waals surface area contributed by atoms with E-state index in [1.165, 1.54) is 32.3 Å². The number of aryl methyl sites for hydroxylation is 3. The molecule has 18 nitrogen and oxygen atoms in total. The van der Waals surface area contributed by atoms with Gasteiger partial charge in [0.2, 0.25) is 34.9 Å². The number of rotatable bonds is 15. The lowest BCUT2D eigenvalue weighted by Gasteiger charge is -2.09. The van der Waals surface area contributed by atoms with Gasteiger partial charge in [-0.05, 0) is 176 Å². The minimum Gasteiger partial charge on any atom is -0.289 e. The van der Waals surface area contributed by atoms with Crippen molar-refractivity contribution < 1.29 is 14.4 Å². The molecule has 0 saturated heterocycles. The van der Waals surface area contributed by atoms with Crippen molar-refractivity contribution in [3.8, 4) is 52.0 Å². The molecule has 10 rings (SSSR count). The van der Waals surface area contributed by atoms with Gasteiger partial charge in [-0.15, -0.1) is 15.3 Å². The smallest absolute Gasteiger partial charge is 0.224 e. The van der Waals surface area contributed by atoms with Gasteiger partial charge in [-0.2, -0.15) is 14.0 Å². The second kappa shape index (κ2) is 20.2. The Labute approximate surface area is 410 Å². The number of carbonyl (C=O) groups is 3. The molecule has 0 spiro atoms. The maximum absolute atomic E-state index is 13.2. The Morgan fingerprint density at radius 1 is 0.361 bits per heavy atom. The Morgan fingerprint density at radius 2 is 0.625 bits per heavy atom. The minimum atomic E-state index is -0.184. The molecule has 348 valence electrons. The summed E-state index contributed by atoms with van der Waals surface area (Å²) in [6, 6.07) is 43.7. The van der Waals surface area contributed by atoms with Gasteiger partial charge in [0.1, 0.15) is 0 Å². The molecule has 0 atom stereocenters. The first-order valence-corrected chi connectivity index (χ1v) is 22.4. The molecule has 0 radical (unpaired) electrons. The third-order valence-electron chi connectivity index (χ3n) is 11.6. The maximum atomic E-state index is 13.2. The number of tetrazole rings is 3. The zero-order valence-electron chi connectivity index (χ0n) is 38.8. The van der Waals surface area contributed by atoms with Crippen LogP contribution in [0.4, 0.5) is 0 Å². The van der Waals surface area contributed by atoms with Gasteiger partial charge >= 0.3 is 0 Å². The Bertz CT molecular complexity index is 3340. The molecule has 0 aliphatic heterocycles. The predicted molar refractivity (Wildman–Crippen MR) is 268 cm³/mol. The van der Waals surface area contributed by atoms with Crippen LogP contribution in [0, 0.1) is 20.8 Å². The van der Waals surface area contributed by atoms with Gasteiger partial charge in [0, 0.05) is 16.7 Å². The molecule has 0 saturated carbocycles. The molecule has 4 heterocycles. The average molecular weight is 946 g/mol. The molecule has 0 amide bonds. The van der Waals surface area contributed by atoms with Gasteiger partial charge in [-0.3, -0.25) is 14.4 Å². The van der Waals surface area contributed by atoms with Gasteiger partial charge in [0.05, 0.1) is 17.1 Å². The number of ketones is 3. The number of hydrogen-bond acceptors (Lipinski definition) is 15. The van der Waals surface area contributed by atoms with Gasteiger partial charge in [-0.1, -0.05) is 91.0 Å². The molecular weight excluding hydrogens is 907 g/mol. The number of allylic oxidation sites excluding steroid dienone is 3. The predicted octanol–water partition coefficient (Wildman–Crippen LogP) is 8.41. The second-order valence-electron chi connectivity index (χ2n) is 16.4. The Balaban J connectivity index is 0.993. The zero-order chi connectivity index (χ0) is 49.6. The molecule has 18 heteroatoms. The molecular formula is C54H39N15O3. The van der Waals surface area contributed by atoms with Crippen molar-refractivity contribution in [3.63, 3.8) is 0 Å². The first-order valence-electron chi connectivity index (χ1n) is 22.4. The fourth-order valence-electron chi connectivity index (χ4n) is 7.58. The molecule has 4 aromatic heterocycles. The lowest BCUT2D eigenvalue weighted by atomic mass is 10.1. The summed E-state index contributed by atoms with van der Waals surface area (Å²) in [6.07, 6.45) is 9.98. The van der Waals surface area contributed by atoms with Gasteiger partial charge in [0.15, 0.2) is 17.3 Å². The van der Waals surface area contributed by atoms with E-state index in [4.69, 9.17) is 15.0 Å². The number of nitrogens with zero attached hydrogens (tertiary/aromatic N) is 15. The van der Waals surface area contributed by atoms with E-state index in [0.717, 1.165) is 33.4 Å². The number of benzene rings is 6. The topological polar surface area (TPSA) is 221 Å². The van der Waals surface area contributed by atoms with E-state index >= 15 is 0 Å². The van der Waals surface area contributed by atoms with Crippen molar-refractivity contribution in [1.29, 1.82) is 0 Å². The summed E-state index contributed by atoms with van der Waals surface area (Å²) in [5, 5.41) is 37.6.